The van der Waals surface area contributed by atoms with Crippen LogP contribution in [0.2, 0.25) is 0 Å². The highest BCUT2D eigenvalue weighted by Crippen LogP contribution is 2.12. The van der Waals surface area contributed by atoms with Crippen LogP contribution < -0.4 is 10.6 Å². The van der Waals surface area contributed by atoms with E-state index < -0.39 is 5.97 Å². The van der Waals surface area contributed by atoms with Crippen LogP contribution >= 0.6 is 11.3 Å². The SMILES string of the molecule is CC(=O)NCCCNC(CC(=O)O)Cc1cccs1. The van der Waals surface area contributed by atoms with E-state index in [-0.39, 0.29) is 18.4 Å². The Balaban J connectivity index is 2.29. The molecule has 3 N–H and O–H groups in total. The molecule has 1 amide bonds. The Hall–Kier alpha value is -1.40. The van der Waals surface area contributed by atoms with E-state index in [4.69, 9.17) is 5.11 Å². The van der Waals surface area contributed by atoms with Crippen molar-refractivity contribution in [3.05, 3.63) is 22.4 Å². The Morgan fingerprint density at radius 1 is 1.42 bits per heavy atom. The van der Waals surface area contributed by atoms with E-state index in [2.05, 4.69) is 10.6 Å². The molecule has 5 nitrogen and oxygen atoms in total. The van der Waals surface area contributed by atoms with Crippen molar-refractivity contribution in [2.75, 3.05) is 13.1 Å². The van der Waals surface area contributed by atoms with Gasteiger partial charge >= 0.3 is 5.97 Å². The van der Waals surface area contributed by atoms with E-state index in [0.29, 0.717) is 13.1 Å². The zero-order valence-electron chi connectivity index (χ0n) is 11.0. The van der Waals surface area contributed by atoms with E-state index in [9.17, 15) is 9.59 Å². The summed E-state index contributed by atoms with van der Waals surface area (Å²) in [5, 5.41) is 16.8. The quantitative estimate of drug-likeness (QED) is 0.596. The van der Waals surface area contributed by atoms with Crippen LogP contribution in [-0.4, -0.2) is 36.1 Å². The van der Waals surface area contributed by atoms with E-state index in [0.717, 1.165) is 12.8 Å². The van der Waals surface area contributed by atoms with Gasteiger partial charge in [0.2, 0.25) is 5.91 Å². The van der Waals surface area contributed by atoms with E-state index in [1.807, 2.05) is 17.5 Å². The lowest BCUT2D eigenvalue weighted by Gasteiger charge is -2.16. The molecule has 0 saturated carbocycles. The molecule has 1 aromatic rings. The molecule has 1 rings (SSSR count). The first-order chi connectivity index (χ1) is 9.08. The number of carboxylic acids is 1. The zero-order valence-corrected chi connectivity index (χ0v) is 11.8. The first-order valence-corrected chi connectivity index (χ1v) is 7.18. The summed E-state index contributed by atoms with van der Waals surface area (Å²) in [6, 6.07) is 3.92. The standard InChI is InChI=1S/C13H20N2O3S/c1-10(16)14-5-3-6-15-11(9-13(17)18)8-12-4-2-7-19-12/h2,4,7,11,15H,3,5-6,8-9H2,1H3,(H,14,16)(H,17,18). The second kappa shape index (κ2) is 8.66. The summed E-state index contributed by atoms with van der Waals surface area (Å²) in [7, 11) is 0. The lowest BCUT2D eigenvalue weighted by molar-refractivity contribution is -0.137. The Kier molecular flexibility index (Phi) is 7.14. The van der Waals surface area contributed by atoms with Crippen LogP contribution in [0.4, 0.5) is 0 Å². The van der Waals surface area contributed by atoms with Crippen LogP contribution in [-0.2, 0) is 16.0 Å². The van der Waals surface area contributed by atoms with Crippen LogP contribution in [0.25, 0.3) is 0 Å². The smallest absolute Gasteiger partial charge is 0.304 e. The summed E-state index contributed by atoms with van der Waals surface area (Å²) in [5.41, 5.74) is 0. The van der Waals surface area contributed by atoms with Crippen LogP contribution in [0.15, 0.2) is 17.5 Å². The molecule has 0 saturated heterocycles. The molecule has 1 aromatic heterocycles. The minimum absolute atomic E-state index is 0.0410. The van der Waals surface area contributed by atoms with Crippen molar-refractivity contribution in [2.24, 2.45) is 0 Å². The minimum atomic E-state index is -0.795. The molecule has 0 aliphatic heterocycles. The van der Waals surface area contributed by atoms with Gasteiger partial charge in [0, 0.05) is 24.4 Å². The number of carbonyl (C=O) groups excluding carboxylic acids is 1. The van der Waals surface area contributed by atoms with Crippen molar-refractivity contribution < 1.29 is 14.7 Å². The van der Waals surface area contributed by atoms with E-state index in [1.54, 1.807) is 11.3 Å². The van der Waals surface area contributed by atoms with Crippen molar-refractivity contribution in [3.8, 4) is 0 Å². The number of hydrogen-bond donors (Lipinski definition) is 3. The maximum atomic E-state index is 10.8. The van der Waals surface area contributed by atoms with Crippen LogP contribution in [0.1, 0.15) is 24.6 Å². The predicted octanol–water partition coefficient (Wildman–Crippen LogP) is 1.25. The molecule has 6 heteroatoms. The van der Waals surface area contributed by atoms with Gasteiger partial charge in [0.15, 0.2) is 0 Å². The second-order valence-corrected chi connectivity index (χ2v) is 5.40. The molecule has 0 aliphatic rings. The summed E-state index contributed by atoms with van der Waals surface area (Å²) in [6.07, 6.45) is 1.63. The third-order valence-corrected chi connectivity index (χ3v) is 3.51. The van der Waals surface area contributed by atoms with Crippen molar-refractivity contribution >= 4 is 23.2 Å². The molecule has 0 aromatic carbocycles. The molecule has 1 unspecified atom stereocenters. The van der Waals surface area contributed by atoms with Gasteiger partial charge in [0.1, 0.15) is 0 Å². The predicted molar refractivity (Wildman–Crippen MR) is 75.4 cm³/mol. The molecule has 1 atom stereocenters. The highest BCUT2D eigenvalue weighted by atomic mass is 32.1. The summed E-state index contributed by atoms with van der Waals surface area (Å²) in [4.78, 5) is 22.7. The maximum Gasteiger partial charge on any atom is 0.304 e. The summed E-state index contributed by atoms with van der Waals surface area (Å²) >= 11 is 1.64. The number of nitrogens with one attached hydrogen (secondary N) is 2. The molecule has 19 heavy (non-hydrogen) atoms. The molecule has 0 aliphatic carbocycles. The lowest BCUT2D eigenvalue weighted by Crippen LogP contribution is -2.35. The molecule has 0 spiro atoms. The zero-order chi connectivity index (χ0) is 14.1. The second-order valence-electron chi connectivity index (χ2n) is 4.37. The molecular formula is C13H20N2O3S. The monoisotopic (exact) mass is 284 g/mol. The fourth-order valence-electron chi connectivity index (χ4n) is 1.76. The van der Waals surface area contributed by atoms with Gasteiger partial charge in [-0.15, -0.1) is 11.3 Å². The molecule has 1 heterocycles. The lowest BCUT2D eigenvalue weighted by atomic mass is 10.1. The Morgan fingerprint density at radius 3 is 2.79 bits per heavy atom. The highest BCUT2D eigenvalue weighted by Gasteiger charge is 2.13. The van der Waals surface area contributed by atoms with E-state index >= 15 is 0 Å². The van der Waals surface area contributed by atoms with Crippen molar-refractivity contribution in [3.63, 3.8) is 0 Å². The number of amides is 1. The first kappa shape index (κ1) is 15.7. The topological polar surface area (TPSA) is 78.4 Å². The Labute approximate surface area is 117 Å². The van der Waals surface area contributed by atoms with Crippen molar-refractivity contribution in [2.45, 2.75) is 32.2 Å². The van der Waals surface area contributed by atoms with Gasteiger partial charge in [0.05, 0.1) is 6.42 Å². The first-order valence-electron chi connectivity index (χ1n) is 6.30. The van der Waals surface area contributed by atoms with Gasteiger partial charge in [-0.05, 0) is 30.8 Å². The maximum absolute atomic E-state index is 10.8. The number of aliphatic carboxylic acids is 1. The van der Waals surface area contributed by atoms with Gasteiger partial charge in [0.25, 0.3) is 0 Å². The normalized spacial score (nSPS) is 12.1. The number of carboxylic acid groups (broad SMARTS) is 1. The molecule has 0 bridgehead atoms. The van der Waals surface area contributed by atoms with Crippen molar-refractivity contribution in [1.29, 1.82) is 0 Å². The Morgan fingerprint density at radius 2 is 2.21 bits per heavy atom. The van der Waals surface area contributed by atoms with Gasteiger partial charge in [-0.2, -0.15) is 0 Å². The summed E-state index contributed by atoms with van der Waals surface area (Å²) in [6.45, 7) is 2.79. The van der Waals surface area contributed by atoms with Gasteiger partial charge in [-0.25, -0.2) is 0 Å². The minimum Gasteiger partial charge on any atom is -0.481 e. The fourth-order valence-corrected chi connectivity index (χ4v) is 2.54. The largest absolute Gasteiger partial charge is 0.481 e. The van der Waals surface area contributed by atoms with Crippen LogP contribution in [0.3, 0.4) is 0 Å². The molecule has 0 radical (unpaired) electrons. The van der Waals surface area contributed by atoms with E-state index in [1.165, 1.54) is 11.8 Å². The number of hydrogen-bond acceptors (Lipinski definition) is 4. The number of rotatable bonds is 9. The van der Waals surface area contributed by atoms with Crippen molar-refractivity contribution in [1.82, 2.24) is 10.6 Å². The fraction of sp³-hybridized carbons (Fsp3) is 0.538. The average molecular weight is 284 g/mol. The van der Waals surface area contributed by atoms with Crippen LogP contribution in [0, 0.1) is 0 Å². The van der Waals surface area contributed by atoms with Gasteiger partial charge in [-0.3, -0.25) is 9.59 Å². The Bertz CT molecular complexity index is 393. The third kappa shape index (κ3) is 7.58. The highest BCUT2D eigenvalue weighted by molar-refractivity contribution is 7.09. The number of carbonyl (C=O) groups is 2. The number of thiophene rings is 1. The average Bonchev–Trinajstić information content (AvgIpc) is 2.80. The summed E-state index contributed by atoms with van der Waals surface area (Å²) < 4.78 is 0. The third-order valence-electron chi connectivity index (χ3n) is 2.61. The van der Waals surface area contributed by atoms with Crippen LogP contribution in [0.5, 0.6) is 0 Å². The van der Waals surface area contributed by atoms with Gasteiger partial charge < -0.3 is 15.7 Å². The molecular weight excluding hydrogens is 264 g/mol. The molecule has 0 fully saturated rings. The molecule has 106 valence electrons. The van der Waals surface area contributed by atoms with Gasteiger partial charge in [-0.1, -0.05) is 6.07 Å². The summed E-state index contributed by atoms with van der Waals surface area (Å²) in [5.74, 6) is -0.836.